The van der Waals surface area contributed by atoms with Gasteiger partial charge in [-0.1, -0.05) is 0 Å². The van der Waals surface area contributed by atoms with E-state index in [0.29, 0.717) is 0 Å². The number of nitrogens with one attached hydrogen (secondary N) is 1. The molecule has 74 valence electrons. The predicted molar refractivity (Wildman–Crippen MR) is 53.3 cm³/mol. The summed E-state index contributed by atoms with van der Waals surface area (Å²) in [5.41, 5.74) is 0.883. The lowest BCUT2D eigenvalue weighted by atomic mass is 10.2. The maximum Gasteiger partial charge on any atom is 0.217 e. The number of likely N-dealkylation sites (tertiary alicyclic amines) is 1. The van der Waals surface area contributed by atoms with Gasteiger partial charge in [0, 0.05) is 12.3 Å². The number of aliphatic hydroxyl groups is 1. The third-order valence-electron chi connectivity index (χ3n) is 2.19. The third-order valence-corrected chi connectivity index (χ3v) is 2.19. The van der Waals surface area contributed by atoms with Crippen molar-refractivity contribution < 1.29 is 5.11 Å². The molecule has 1 fully saturated rings. The fourth-order valence-corrected chi connectivity index (χ4v) is 1.58. The van der Waals surface area contributed by atoms with Crippen LogP contribution in [0.1, 0.15) is 26.7 Å². The van der Waals surface area contributed by atoms with E-state index in [4.69, 9.17) is 10.5 Å². The van der Waals surface area contributed by atoms with E-state index in [1.807, 2.05) is 18.7 Å². The molecule has 1 heterocycles. The highest BCUT2D eigenvalue weighted by Gasteiger charge is 2.25. The molecule has 2 N–H and O–H groups in total. The Kier molecular flexibility index (Phi) is 3.42. The maximum atomic E-state index is 9.03. The summed E-state index contributed by atoms with van der Waals surface area (Å²) < 4.78 is 0. The van der Waals surface area contributed by atoms with Crippen LogP contribution in [-0.4, -0.2) is 40.9 Å². The van der Waals surface area contributed by atoms with Crippen molar-refractivity contribution >= 4 is 11.7 Å². The van der Waals surface area contributed by atoms with Crippen LogP contribution in [-0.2, 0) is 0 Å². The van der Waals surface area contributed by atoms with Gasteiger partial charge in [0.15, 0.2) is 0 Å². The highest BCUT2D eigenvalue weighted by molar-refractivity contribution is 5.93. The number of hydrogen-bond donors (Lipinski definition) is 2. The summed E-state index contributed by atoms with van der Waals surface area (Å²) in [5, 5.41) is 16.7. The Morgan fingerprint density at radius 2 is 2.31 bits per heavy atom. The van der Waals surface area contributed by atoms with E-state index in [9.17, 15) is 0 Å². The van der Waals surface area contributed by atoms with Crippen LogP contribution in [0.2, 0.25) is 0 Å². The molecule has 0 bridgehead atoms. The molecule has 13 heavy (non-hydrogen) atoms. The molecule has 4 nitrogen and oxygen atoms in total. The molecule has 0 spiro atoms. The average molecular weight is 183 g/mol. The predicted octanol–water partition coefficient (Wildman–Crippen LogP) is 0.859. The van der Waals surface area contributed by atoms with E-state index in [2.05, 4.69) is 4.99 Å². The van der Waals surface area contributed by atoms with Gasteiger partial charge in [-0.2, -0.15) is 0 Å². The number of nitrogens with zero attached hydrogens (tertiary/aromatic N) is 2. The zero-order valence-electron chi connectivity index (χ0n) is 8.25. The molecule has 4 heteroatoms. The molecule has 0 amide bonds. The van der Waals surface area contributed by atoms with Gasteiger partial charge in [0.1, 0.15) is 0 Å². The second-order valence-corrected chi connectivity index (χ2v) is 3.55. The normalized spacial score (nSPS) is 21.8. The standard InChI is InChI=1S/C9H17N3O/c1-7(2)11-9(10)12-5-3-4-8(12)6-13/h8,10,13H,3-6H2,1-2H3/t8-/m1/s1. The molecule has 1 atom stereocenters. The van der Waals surface area contributed by atoms with E-state index in [1.165, 1.54) is 0 Å². The summed E-state index contributed by atoms with van der Waals surface area (Å²) in [4.78, 5) is 5.94. The lowest BCUT2D eigenvalue weighted by molar-refractivity contribution is 0.207. The Bertz CT molecular complexity index is 221. The number of hydrogen-bond acceptors (Lipinski definition) is 2. The zero-order chi connectivity index (χ0) is 9.84. The molecule has 1 rings (SSSR count). The molecular weight excluding hydrogens is 166 g/mol. The van der Waals surface area contributed by atoms with Crippen LogP contribution >= 0.6 is 0 Å². The van der Waals surface area contributed by atoms with Crippen molar-refractivity contribution in [3.05, 3.63) is 0 Å². The highest BCUT2D eigenvalue weighted by Crippen LogP contribution is 2.16. The first kappa shape index (κ1) is 10.2. The Labute approximate surface area is 78.8 Å². The molecule has 0 aromatic heterocycles. The second-order valence-electron chi connectivity index (χ2n) is 3.55. The summed E-state index contributed by atoms with van der Waals surface area (Å²) in [7, 11) is 0. The molecule has 1 aliphatic rings. The van der Waals surface area contributed by atoms with Gasteiger partial charge in [-0.25, -0.2) is 4.99 Å². The molecule has 1 saturated heterocycles. The molecule has 0 saturated carbocycles. The Hall–Kier alpha value is -0.900. The van der Waals surface area contributed by atoms with E-state index in [1.54, 1.807) is 0 Å². The first-order valence-electron chi connectivity index (χ1n) is 4.63. The van der Waals surface area contributed by atoms with Crippen molar-refractivity contribution in [2.24, 2.45) is 4.99 Å². The van der Waals surface area contributed by atoms with Gasteiger partial charge in [-0.15, -0.1) is 0 Å². The van der Waals surface area contributed by atoms with Gasteiger partial charge in [-0.05, 0) is 26.7 Å². The molecule has 0 radical (unpaired) electrons. The Morgan fingerprint density at radius 1 is 1.62 bits per heavy atom. The number of aliphatic hydroxyl groups excluding tert-OH is 1. The minimum absolute atomic E-state index is 0.107. The van der Waals surface area contributed by atoms with Gasteiger partial charge in [0.05, 0.1) is 12.6 Å². The Morgan fingerprint density at radius 3 is 2.85 bits per heavy atom. The number of guanidine groups is 1. The quantitative estimate of drug-likeness (QED) is 0.468. The summed E-state index contributed by atoms with van der Waals surface area (Å²) in [6.07, 6.45) is 2.02. The van der Waals surface area contributed by atoms with Gasteiger partial charge in [-0.3, -0.25) is 5.41 Å². The lowest BCUT2D eigenvalue weighted by Gasteiger charge is -2.22. The molecule has 0 aromatic rings. The molecule has 0 aromatic carbocycles. The van der Waals surface area contributed by atoms with Crippen LogP contribution in [0.4, 0.5) is 0 Å². The van der Waals surface area contributed by atoms with Crippen LogP contribution in [0, 0.1) is 5.41 Å². The molecule has 0 unspecified atom stereocenters. The number of aliphatic imine (C=N–C) groups is 1. The van der Waals surface area contributed by atoms with Crippen LogP contribution in [0.5, 0.6) is 0 Å². The first-order valence-corrected chi connectivity index (χ1v) is 4.63. The van der Waals surface area contributed by atoms with E-state index >= 15 is 0 Å². The topological polar surface area (TPSA) is 59.7 Å². The largest absolute Gasteiger partial charge is 0.394 e. The number of rotatable bonds is 1. The second kappa shape index (κ2) is 4.37. The van der Waals surface area contributed by atoms with E-state index in [-0.39, 0.29) is 18.6 Å². The van der Waals surface area contributed by atoms with Crippen LogP contribution in [0.15, 0.2) is 4.99 Å². The van der Waals surface area contributed by atoms with Gasteiger partial charge in [0.2, 0.25) is 5.96 Å². The van der Waals surface area contributed by atoms with Crippen LogP contribution in [0.25, 0.3) is 0 Å². The summed E-state index contributed by atoms with van der Waals surface area (Å²) in [6.45, 7) is 4.72. The molecule has 1 aliphatic heterocycles. The smallest absolute Gasteiger partial charge is 0.217 e. The molecule has 0 aliphatic carbocycles. The van der Waals surface area contributed by atoms with E-state index in [0.717, 1.165) is 25.1 Å². The Balaban J connectivity index is 2.60. The van der Waals surface area contributed by atoms with Crippen molar-refractivity contribution in [2.75, 3.05) is 13.2 Å². The third kappa shape index (κ3) is 2.52. The van der Waals surface area contributed by atoms with Crippen LogP contribution in [0.3, 0.4) is 0 Å². The van der Waals surface area contributed by atoms with Crippen molar-refractivity contribution in [1.29, 1.82) is 5.41 Å². The maximum absolute atomic E-state index is 9.03. The van der Waals surface area contributed by atoms with Gasteiger partial charge < -0.3 is 10.0 Å². The fourth-order valence-electron chi connectivity index (χ4n) is 1.58. The summed E-state index contributed by atoms with van der Waals surface area (Å²) >= 11 is 0. The SMILES string of the molecule is CC(C)=NC(=N)N1CCC[C@@H]1CO. The van der Waals surface area contributed by atoms with Gasteiger partial charge in [0.25, 0.3) is 0 Å². The summed E-state index contributed by atoms with van der Waals surface area (Å²) in [5.74, 6) is 0.288. The zero-order valence-corrected chi connectivity index (χ0v) is 8.25. The summed E-state index contributed by atoms with van der Waals surface area (Å²) in [6, 6.07) is 0.107. The van der Waals surface area contributed by atoms with Crippen molar-refractivity contribution in [1.82, 2.24) is 4.90 Å². The fraction of sp³-hybridized carbons (Fsp3) is 0.778. The highest BCUT2D eigenvalue weighted by atomic mass is 16.3. The first-order chi connectivity index (χ1) is 6.15. The average Bonchev–Trinajstić information content (AvgIpc) is 2.49. The minimum atomic E-state index is 0.107. The van der Waals surface area contributed by atoms with Gasteiger partial charge >= 0.3 is 0 Å². The van der Waals surface area contributed by atoms with Crippen molar-refractivity contribution in [2.45, 2.75) is 32.7 Å². The lowest BCUT2D eigenvalue weighted by Crippen LogP contribution is -2.36. The van der Waals surface area contributed by atoms with Crippen molar-refractivity contribution in [3.8, 4) is 0 Å². The monoisotopic (exact) mass is 183 g/mol. The molecular formula is C9H17N3O. The van der Waals surface area contributed by atoms with Crippen molar-refractivity contribution in [3.63, 3.8) is 0 Å². The van der Waals surface area contributed by atoms with Crippen LogP contribution < -0.4 is 0 Å². The van der Waals surface area contributed by atoms with E-state index < -0.39 is 0 Å². The minimum Gasteiger partial charge on any atom is -0.394 e.